The first-order valence-corrected chi connectivity index (χ1v) is 9.92. The standard InChI is InChI=1S/C22H28O4/c1-20-9-5-15(23)13-14(20)3-4-16-17(20)6-10-21(2)18(16)7-11-22(21,26)12-8-19(24)25/h13,16-18,26H,3-7,9-11H2,1-2H3,(H,24,25)/t16?,17?,18?,20?,21?,22-/m1/s1. The number of rotatable bonds is 0. The van der Waals surface area contributed by atoms with Crippen LogP contribution < -0.4 is 0 Å². The second kappa shape index (κ2) is 5.70. The lowest BCUT2D eigenvalue weighted by atomic mass is 9.46. The van der Waals surface area contributed by atoms with Crippen molar-refractivity contribution in [2.45, 2.75) is 70.8 Å². The third-order valence-corrected chi connectivity index (χ3v) is 8.49. The highest BCUT2D eigenvalue weighted by atomic mass is 16.4. The molecule has 0 radical (unpaired) electrons. The zero-order valence-corrected chi connectivity index (χ0v) is 15.7. The number of carbonyl (C=O) groups is 2. The van der Waals surface area contributed by atoms with Gasteiger partial charge in [-0.15, -0.1) is 0 Å². The van der Waals surface area contributed by atoms with E-state index in [4.69, 9.17) is 5.11 Å². The maximum Gasteiger partial charge on any atom is 0.382 e. The van der Waals surface area contributed by atoms with E-state index in [1.54, 1.807) is 0 Å². The number of carbonyl (C=O) groups excluding carboxylic acids is 1. The Hall–Kier alpha value is -1.60. The van der Waals surface area contributed by atoms with E-state index in [1.165, 1.54) is 5.57 Å². The largest absolute Gasteiger partial charge is 0.472 e. The summed E-state index contributed by atoms with van der Waals surface area (Å²) in [5.74, 6) is 5.47. The normalized spacial score (nSPS) is 47.0. The highest BCUT2D eigenvalue weighted by Gasteiger charge is 2.63. The number of allylic oxidation sites excluding steroid dienone is 1. The maximum atomic E-state index is 11.9. The number of hydrogen-bond acceptors (Lipinski definition) is 3. The number of aliphatic carboxylic acids is 1. The van der Waals surface area contributed by atoms with Gasteiger partial charge in [0, 0.05) is 17.8 Å². The molecule has 4 aliphatic carbocycles. The van der Waals surface area contributed by atoms with E-state index in [9.17, 15) is 14.7 Å². The minimum absolute atomic E-state index is 0.117. The number of aliphatic hydroxyl groups is 1. The Morgan fingerprint density at radius 2 is 1.85 bits per heavy atom. The predicted molar refractivity (Wildman–Crippen MR) is 97.1 cm³/mol. The Kier molecular flexibility index (Phi) is 3.90. The molecule has 5 unspecified atom stereocenters. The molecule has 0 amide bonds. The lowest BCUT2D eigenvalue weighted by Gasteiger charge is -2.58. The molecule has 3 saturated carbocycles. The zero-order chi connectivity index (χ0) is 18.7. The second-order valence-electron chi connectivity index (χ2n) is 9.38. The lowest BCUT2D eigenvalue weighted by molar-refractivity contribution is -0.130. The molecule has 140 valence electrons. The van der Waals surface area contributed by atoms with Gasteiger partial charge >= 0.3 is 5.97 Å². The first-order chi connectivity index (χ1) is 12.2. The summed E-state index contributed by atoms with van der Waals surface area (Å²) in [6.45, 7) is 4.46. The summed E-state index contributed by atoms with van der Waals surface area (Å²) in [6.07, 6.45) is 8.95. The fourth-order valence-electron chi connectivity index (χ4n) is 6.94. The van der Waals surface area contributed by atoms with Gasteiger partial charge in [0.2, 0.25) is 0 Å². The van der Waals surface area contributed by atoms with Crippen molar-refractivity contribution in [1.82, 2.24) is 0 Å². The third kappa shape index (κ3) is 2.33. The Morgan fingerprint density at radius 1 is 1.12 bits per heavy atom. The van der Waals surface area contributed by atoms with Crippen molar-refractivity contribution in [2.24, 2.45) is 28.6 Å². The average molecular weight is 356 g/mol. The van der Waals surface area contributed by atoms with Gasteiger partial charge in [0.15, 0.2) is 5.78 Å². The minimum atomic E-state index is -1.19. The van der Waals surface area contributed by atoms with E-state index in [0.29, 0.717) is 30.6 Å². The summed E-state index contributed by atoms with van der Waals surface area (Å²) < 4.78 is 0. The molecule has 0 bridgehead atoms. The highest BCUT2D eigenvalue weighted by molar-refractivity contribution is 5.91. The number of ketones is 1. The zero-order valence-electron chi connectivity index (χ0n) is 15.7. The third-order valence-electron chi connectivity index (χ3n) is 8.49. The van der Waals surface area contributed by atoms with Crippen LogP contribution in [0, 0.1) is 40.4 Å². The molecule has 0 spiro atoms. The van der Waals surface area contributed by atoms with Crippen LogP contribution in [0.1, 0.15) is 65.2 Å². The molecule has 2 N–H and O–H groups in total. The number of carboxylic acid groups (broad SMARTS) is 1. The topological polar surface area (TPSA) is 74.6 Å². The fourth-order valence-corrected chi connectivity index (χ4v) is 6.94. The Labute approximate surface area is 155 Å². The van der Waals surface area contributed by atoms with Crippen molar-refractivity contribution >= 4 is 11.8 Å². The van der Waals surface area contributed by atoms with Crippen molar-refractivity contribution < 1.29 is 19.8 Å². The molecule has 0 aromatic carbocycles. The van der Waals surface area contributed by atoms with Crippen LogP contribution in [-0.4, -0.2) is 27.6 Å². The molecule has 0 aliphatic heterocycles. The molecule has 0 aromatic rings. The van der Waals surface area contributed by atoms with Crippen molar-refractivity contribution in [3.05, 3.63) is 11.6 Å². The quantitative estimate of drug-likeness (QED) is 0.653. The maximum absolute atomic E-state index is 11.9. The number of carboxylic acids is 1. The van der Waals surface area contributed by atoms with E-state index in [1.807, 2.05) is 6.08 Å². The summed E-state index contributed by atoms with van der Waals surface area (Å²) in [6, 6.07) is 0. The average Bonchev–Trinajstić information content (AvgIpc) is 2.86. The van der Waals surface area contributed by atoms with Gasteiger partial charge in [-0.05, 0) is 74.2 Å². The smallest absolute Gasteiger partial charge is 0.382 e. The van der Waals surface area contributed by atoms with Crippen LogP contribution in [0.3, 0.4) is 0 Å². The molecule has 4 rings (SSSR count). The molecule has 3 fully saturated rings. The first kappa shape index (κ1) is 17.8. The molecule has 4 aliphatic rings. The van der Waals surface area contributed by atoms with Crippen LogP contribution in [0.2, 0.25) is 0 Å². The monoisotopic (exact) mass is 356 g/mol. The molecule has 0 saturated heterocycles. The van der Waals surface area contributed by atoms with E-state index >= 15 is 0 Å². The van der Waals surface area contributed by atoms with Crippen molar-refractivity contribution in [3.8, 4) is 11.8 Å². The van der Waals surface area contributed by atoms with Crippen LogP contribution >= 0.6 is 0 Å². The summed E-state index contributed by atoms with van der Waals surface area (Å²) in [5, 5.41) is 20.1. The fraction of sp³-hybridized carbons (Fsp3) is 0.727. The van der Waals surface area contributed by atoms with E-state index in [-0.39, 0.29) is 16.6 Å². The van der Waals surface area contributed by atoms with Crippen LogP contribution in [0.5, 0.6) is 0 Å². The summed E-state index contributed by atoms with van der Waals surface area (Å²) >= 11 is 0. The Balaban J connectivity index is 1.67. The summed E-state index contributed by atoms with van der Waals surface area (Å²) in [5.41, 5.74) is -0.0669. The van der Waals surface area contributed by atoms with Gasteiger partial charge in [-0.2, -0.15) is 0 Å². The lowest BCUT2D eigenvalue weighted by Crippen LogP contribution is -2.54. The molecule has 0 aromatic heterocycles. The highest BCUT2D eigenvalue weighted by Crippen LogP contribution is 2.67. The van der Waals surface area contributed by atoms with Gasteiger partial charge < -0.3 is 10.2 Å². The van der Waals surface area contributed by atoms with Crippen LogP contribution in [0.25, 0.3) is 0 Å². The molecule has 6 atom stereocenters. The van der Waals surface area contributed by atoms with Gasteiger partial charge in [-0.1, -0.05) is 25.3 Å². The van der Waals surface area contributed by atoms with Crippen molar-refractivity contribution in [2.75, 3.05) is 0 Å². The number of hydrogen-bond donors (Lipinski definition) is 2. The molecule has 26 heavy (non-hydrogen) atoms. The van der Waals surface area contributed by atoms with Crippen LogP contribution in [-0.2, 0) is 9.59 Å². The van der Waals surface area contributed by atoms with Gasteiger partial charge in [0.1, 0.15) is 5.60 Å². The molecule has 4 nitrogen and oxygen atoms in total. The van der Waals surface area contributed by atoms with Crippen molar-refractivity contribution in [1.29, 1.82) is 0 Å². The number of fused-ring (bicyclic) bond motifs is 5. The van der Waals surface area contributed by atoms with Gasteiger partial charge in [-0.25, -0.2) is 4.79 Å². The van der Waals surface area contributed by atoms with E-state index in [0.717, 1.165) is 38.5 Å². The molecular formula is C22H28O4. The summed E-state index contributed by atoms with van der Waals surface area (Å²) in [7, 11) is 0. The van der Waals surface area contributed by atoms with Crippen LogP contribution in [0.4, 0.5) is 0 Å². The first-order valence-electron chi connectivity index (χ1n) is 9.92. The van der Waals surface area contributed by atoms with Gasteiger partial charge in [0.05, 0.1) is 0 Å². The molecule has 0 heterocycles. The van der Waals surface area contributed by atoms with Crippen molar-refractivity contribution in [3.63, 3.8) is 0 Å². The second-order valence-corrected chi connectivity index (χ2v) is 9.38. The SMILES string of the molecule is CC12CCC(=O)C=C1CCC1C2CCC2(C)C1CC[C@@]2(O)C#CC(=O)O. The molecule has 4 heteroatoms. The summed E-state index contributed by atoms with van der Waals surface area (Å²) in [4.78, 5) is 22.8. The predicted octanol–water partition coefficient (Wildman–Crippen LogP) is 3.34. The Morgan fingerprint density at radius 3 is 2.58 bits per heavy atom. The minimum Gasteiger partial charge on any atom is -0.472 e. The molecular weight excluding hydrogens is 328 g/mol. The van der Waals surface area contributed by atoms with E-state index < -0.39 is 11.6 Å². The Bertz CT molecular complexity index is 756. The van der Waals surface area contributed by atoms with Crippen LogP contribution in [0.15, 0.2) is 11.6 Å². The van der Waals surface area contributed by atoms with E-state index in [2.05, 4.69) is 25.7 Å². The van der Waals surface area contributed by atoms with Gasteiger partial charge in [0.25, 0.3) is 0 Å². The van der Waals surface area contributed by atoms with Gasteiger partial charge in [-0.3, -0.25) is 4.79 Å².